The lowest BCUT2D eigenvalue weighted by molar-refractivity contribution is -0.892. The van der Waals surface area contributed by atoms with Gasteiger partial charge in [-0.15, -0.1) is 0 Å². The van der Waals surface area contributed by atoms with E-state index in [1.165, 1.54) is 13.2 Å². The second-order valence-electron chi connectivity index (χ2n) is 7.42. The predicted molar refractivity (Wildman–Crippen MR) is 103 cm³/mol. The summed E-state index contributed by atoms with van der Waals surface area (Å²) < 4.78 is 43.5. The topological polar surface area (TPSA) is 63.1 Å². The zero-order chi connectivity index (χ0) is 21.6. The molecule has 1 aromatic rings. The summed E-state index contributed by atoms with van der Waals surface area (Å²) in [5, 5.41) is 2.76. The van der Waals surface area contributed by atoms with Gasteiger partial charge in [0.05, 0.1) is 38.9 Å². The van der Waals surface area contributed by atoms with Crippen LogP contribution in [0.25, 0.3) is 0 Å². The van der Waals surface area contributed by atoms with Crippen LogP contribution < -0.4 is 15.1 Å². The van der Waals surface area contributed by atoms with Crippen molar-refractivity contribution in [1.29, 1.82) is 0 Å². The normalized spacial score (nSPS) is 17.5. The average Bonchev–Trinajstić information content (AvgIpc) is 2.71. The highest BCUT2D eigenvalue weighted by Gasteiger charge is 2.32. The number of hydrogen-bond donors (Lipinski definition) is 2. The first kappa shape index (κ1) is 23.0. The summed E-state index contributed by atoms with van der Waals surface area (Å²) in [6.07, 6.45) is -3.64. The smallest absolute Gasteiger partial charge is 0.416 e. The fraction of sp³-hybridized carbons (Fsp3) is 0.600. The van der Waals surface area contributed by atoms with Gasteiger partial charge in [0.25, 0.3) is 5.91 Å². The maximum absolute atomic E-state index is 12.9. The quantitative estimate of drug-likeness (QED) is 0.654. The Balaban J connectivity index is 1.89. The van der Waals surface area contributed by atoms with E-state index in [1.807, 2.05) is 18.7 Å². The second-order valence-corrected chi connectivity index (χ2v) is 7.42. The van der Waals surface area contributed by atoms with Crippen molar-refractivity contribution < 1.29 is 32.4 Å². The number of carbonyl (C=O) groups excluding carboxylic acids is 2. The van der Waals surface area contributed by atoms with Crippen LogP contribution in [0.4, 0.5) is 18.9 Å². The van der Waals surface area contributed by atoms with E-state index >= 15 is 0 Å². The number of esters is 1. The fourth-order valence-corrected chi connectivity index (χ4v) is 3.38. The molecule has 2 N–H and O–H groups in total. The number of methoxy groups -OCH3 is 1. The van der Waals surface area contributed by atoms with Crippen LogP contribution in [0.3, 0.4) is 0 Å². The van der Waals surface area contributed by atoms with Gasteiger partial charge in [-0.2, -0.15) is 13.2 Å². The molecule has 1 aliphatic rings. The zero-order valence-corrected chi connectivity index (χ0v) is 17.0. The van der Waals surface area contributed by atoms with Gasteiger partial charge < -0.3 is 19.9 Å². The highest BCUT2D eigenvalue weighted by Crippen LogP contribution is 2.31. The standard InChI is InChI=1S/C20H28F3N3O3/c1-4-14(2)18(19(28)29-3)24-17(27)13-25-8-10-26(11-9-25)16-7-5-6-15(12-16)20(21,22)23/h5-7,12,14,18H,4,8-11,13H2,1-3H3,(H,24,27)/p+1/t14-,18-/m1/s1. The molecule has 0 aromatic heterocycles. The molecule has 0 unspecified atom stereocenters. The predicted octanol–water partition coefficient (Wildman–Crippen LogP) is 1.11. The number of hydrogen-bond acceptors (Lipinski definition) is 4. The zero-order valence-electron chi connectivity index (χ0n) is 17.0. The van der Waals surface area contributed by atoms with Gasteiger partial charge in [0.15, 0.2) is 6.54 Å². The third-order valence-corrected chi connectivity index (χ3v) is 5.40. The molecule has 1 amide bonds. The summed E-state index contributed by atoms with van der Waals surface area (Å²) >= 11 is 0. The van der Waals surface area contributed by atoms with E-state index in [2.05, 4.69) is 5.32 Å². The molecule has 2 rings (SSSR count). The second kappa shape index (κ2) is 9.96. The third-order valence-electron chi connectivity index (χ3n) is 5.40. The summed E-state index contributed by atoms with van der Waals surface area (Å²) in [6.45, 7) is 6.37. The molecule has 0 saturated carbocycles. The first-order valence-electron chi connectivity index (χ1n) is 9.78. The number of carbonyl (C=O) groups is 2. The molecule has 1 saturated heterocycles. The van der Waals surface area contributed by atoms with E-state index in [9.17, 15) is 22.8 Å². The van der Waals surface area contributed by atoms with Crippen molar-refractivity contribution in [1.82, 2.24) is 5.32 Å². The Kier molecular flexibility index (Phi) is 7.89. The van der Waals surface area contributed by atoms with Gasteiger partial charge in [0, 0.05) is 5.69 Å². The number of amides is 1. The van der Waals surface area contributed by atoms with Gasteiger partial charge in [-0.25, -0.2) is 4.79 Å². The summed E-state index contributed by atoms with van der Waals surface area (Å²) in [5.41, 5.74) is -0.131. The summed E-state index contributed by atoms with van der Waals surface area (Å²) in [5.74, 6) is -0.737. The Hall–Kier alpha value is -2.29. The molecule has 1 aromatic carbocycles. The van der Waals surface area contributed by atoms with Crippen LogP contribution in [0.1, 0.15) is 25.8 Å². The molecule has 0 radical (unpaired) electrons. The van der Waals surface area contributed by atoms with E-state index in [0.717, 1.165) is 23.5 Å². The van der Waals surface area contributed by atoms with Crippen molar-refractivity contribution in [2.75, 3.05) is 44.7 Å². The van der Waals surface area contributed by atoms with Crippen LogP contribution in [0.5, 0.6) is 0 Å². The maximum atomic E-state index is 12.9. The maximum Gasteiger partial charge on any atom is 0.416 e. The van der Waals surface area contributed by atoms with Crippen LogP contribution in [-0.4, -0.2) is 57.8 Å². The van der Waals surface area contributed by atoms with Crippen molar-refractivity contribution in [2.45, 2.75) is 32.5 Å². The molecule has 0 bridgehead atoms. The Morgan fingerprint density at radius 3 is 2.48 bits per heavy atom. The number of alkyl halides is 3. The van der Waals surface area contributed by atoms with Crippen molar-refractivity contribution >= 4 is 17.6 Å². The molecule has 1 fully saturated rings. The minimum atomic E-state index is -4.37. The van der Waals surface area contributed by atoms with Crippen molar-refractivity contribution in [3.63, 3.8) is 0 Å². The lowest BCUT2D eigenvalue weighted by Crippen LogP contribution is -3.16. The highest BCUT2D eigenvalue weighted by atomic mass is 19.4. The highest BCUT2D eigenvalue weighted by molar-refractivity contribution is 5.85. The molecule has 1 heterocycles. The van der Waals surface area contributed by atoms with Gasteiger partial charge >= 0.3 is 12.1 Å². The number of nitrogens with one attached hydrogen (secondary N) is 2. The molecule has 0 spiro atoms. The lowest BCUT2D eigenvalue weighted by Gasteiger charge is -2.34. The average molecular weight is 416 g/mol. The number of piperazine rings is 1. The largest absolute Gasteiger partial charge is 0.467 e. The molecule has 2 atom stereocenters. The molecule has 1 aliphatic heterocycles. The number of halogens is 3. The van der Waals surface area contributed by atoms with E-state index in [4.69, 9.17) is 4.74 Å². The molecular formula is C20H29F3N3O3+. The van der Waals surface area contributed by atoms with Gasteiger partial charge in [-0.1, -0.05) is 26.3 Å². The van der Waals surface area contributed by atoms with Crippen LogP contribution in [0.15, 0.2) is 24.3 Å². The first-order chi connectivity index (χ1) is 13.7. The van der Waals surface area contributed by atoms with Crippen molar-refractivity contribution in [3.05, 3.63) is 29.8 Å². The van der Waals surface area contributed by atoms with Gasteiger partial charge in [-0.05, 0) is 24.1 Å². The monoisotopic (exact) mass is 416 g/mol. The number of rotatable bonds is 7. The van der Waals surface area contributed by atoms with E-state index in [1.54, 1.807) is 6.07 Å². The van der Waals surface area contributed by atoms with Gasteiger partial charge in [-0.3, -0.25) is 4.79 Å². The minimum absolute atomic E-state index is 0.0424. The van der Waals surface area contributed by atoms with Crippen molar-refractivity contribution in [3.8, 4) is 0 Å². The fourth-order valence-electron chi connectivity index (χ4n) is 3.38. The molecule has 162 valence electrons. The van der Waals surface area contributed by atoms with Crippen LogP contribution in [0.2, 0.25) is 0 Å². The number of ether oxygens (including phenoxy) is 1. The van der Waals surface area contributed by atoms with E-state index in [0.29, 0.717) is 31.9 Å². The first-order valence-corrected chi connectivity index (χ1v) is 9.78. The Morgan fingerprint density at radius 2 is 1.93 bits per heavy atom. The Labute approximate surface area is 169 Å². The molecule has 6 nitrogen and oxygen atoms in total. The summed E-state index contributed by atoms with van der Waals surface area (Å²) in [6, 6.07) is 4.62. The number of benzene rings is 1. The molecule has 29 heavy (non-hydrogen) atoms. The Bertz CT molecular complexity index is 704. The van der Waals surface area contributed by atoms with Crippen LogP contribution in [-0.2, 0) is 20.5 Å². The summed E-state index contributed by atoms with van der Waals surface area (Å²) in [4.78, 5) is 27.2. The summed E-state index contributed by atoms with van der Waals surface area (Å²) in [7, 11) is 1.29. The molecule has 9 heteroatoms. The number of nitrogens with zero attached hydrogens (tertiary/aromatic N) is 1. The number of quaternary nitrogens is 1. The van der Waals surface area contributed by atoms with Gasteiger partial charge in [0.1, 0.15) is 6.04 Å². The van der Waals surface area contributed by atoms with E-state index in [-0.39, 0.29) is 18.4 Å². The third kappa shape index (κ3) is 6.35. The number of anilines is 1. The van der Waals surface area contributed by atoms with E-state index < -0.39 is 23.8 Å². The SMILES string of the molecule is CC[C@@H](C)[C@@H](NC(=O)C[NH+]1CCN(c2cccc(C(F)(F)F)c2)CC1)C(=O)OC. The van der Waals surface area contributed by atoms with Crippen molar-refractivity contribution in [2.24, 2.45) is 5.92 Å². The Morgan fingerprint density at radius 1 is 1.28 bits per heavy atom. The van der Waals surface area contributed by atoms with Crippen LogP contribution in [0, 0.1) is 5.92 Å². The lowest BCUT2D eigenvalue weighted by atomic mass is 9.99. The molecule has 0 aliphatic carbocycles. The van der Waals surface area contributed by atoms with Gasteiger partial charge in [0.2, 0.25) is 0 Å². The molecular weight excluding hydrogens is 387 g/mol. The van der Waals surface area contributed by atoms with Crippen LogP contribution >= 0.6 is 0 Å². The minimum Gasteiger partial charge on any atom is -0.467 e.